The van der Waals surface area contributed by atoms with Crippen molar-refractivity contribution in [2.24, 2.45) is 22.9 Å². The number of amides is 14. The van der Waals surface area contributed by atoms with Gasteiger partial charge in [-0.3, -0.25) is 72.5 Å². The summed E-state index contributed by atoms with van der Waals surface area (Å²) in [5, 5.41) is 70.4. The van der Waals surface area contributed by atoms with E-state index in [1.165, 1.54) is 24.3 Å². The summed E-state index contributed by atoms with van der Waals surface area (Å²) in [5.74, 6) is -15.4. The first-order chi connectivity index (χ1) is 53.5. The number of fused-ring (bicyclic) bond motifs is 2. The van der Waals surface area contributed by atoms with Crippen molar-refractivity contribution in [1.82, 2.24) is 94.0 Å². The molecule has 3 aromatic heterocycles. The lowest BCUT2D eigenvalue weighted by atomic mass is 10.0. The Morgan fingerprint density at radius 3 is 1.62 bits per heavy atom. The van der Waals surface area contributed by atoms with Gasteiger partial charge in [-0.05, 0) is 88.1 Å². The van der Waals surface area contributed by atoms with E-state index < -0.39 is 206 Å². The second kappa shape index (κ2) is 45.0. The number of aliphatic carboxylic acids is 1. The number of nitrogens with zero attached hydrogens (tertiary/aromatic N) is 2. The largest absolute Gasteiger partial charge is 0.480 e. The predicted molar refractivity (Wildman–Crippen MR) is 410 cm³/mol. The number of carboxylic acid groups (broad SMARTS) is 1. The molecule has 28 N–H and O–H groups in total. The van der Waals surface area contributed by atoms with Crippen LogP contribution in [0.2, 0.25) is 0 Å². The Morgan fingerprint density at radius 2 is 1.08 bits per heavy atom. The molecule has 0 spiro atoms. The van der Waals surface area contributed by atoms with E-state index in [4.69, 9.17) is 28.3 Å². The summed E-state index contributed by atoms with van der Waals surface area (Å²) in [6.07, 6.45) is 5.08. The smallest absolute Gasteiger partial charge is 0.326 e. The number of primary amides is 1. The fourth-order valence-electron chi connectivity index (χ4n) is 11.9. The van der Waals surface area contributed by atoms with Crippen LogP contribution in [0.25, 0.3) is 21.8 Å². The number of benzene rings is 2. The molecule has 0 saturated carbocycles. The molecular weight excluding hydrogens is 1500 g/mol. The number of para-hydroxylation sites is 2. The molecular formula is C69H99N23O18S2. The van der Waals surface area contributed by atoms with Gasteiger partial charge in [0.15, 0.2) is 5.96 Å². The number of hydrogen-bond donors (Lipinski definition) is 26. The van der Waals surface area contributed by atoms with E-state index in [9.17, 15) is 82.4 Å². The van der Waals surface area contributed by atoms with Crippen LogP contribution in [0.3, 0.4) is 0 Å². The second-order valence-corrected chi connectivity index (χ2v) is 27.1. The Kier molecular flexibility index (Phi) is 36.0. The number of imidazole rings is 1. The molecule has 610 valence electrons. The molecule has 6 rings (SSSR count). The standard InChI is InChI=1S/C69H99N23O18S2/c1-35(82-58(99)41(71)30-93)57(98)91-52(33-112)67(108)92-21-9-16-53(92)66(107)88-48(23-37-26-78-43-13-5-3-11-40(37)43)63(104)87-49(24-38-27-75-34-81-38)64(105)84-44(14-6-7-19-70)60(101)89-50(31-94)65(106)86-47(22-36-25-77-42-12-4-2-10-39(36)42)62(103)85-45(17-18-54(72)95)61(102)90-51(32-111)59(100)80-28-55(96)79-29-56(97)83-46(68(109)110)15-8-20-76-69(73)74/h2-5,10-13,25-27,34-35,41,44-53,77-78,93-94,111-112H,6-9,14-24,28-33,70-71H2,1H3,(H2,72,95)(H,75,81)(H,79,96)(H,80,100)(H,82,99)(H,83,97)(H,84,105)(H,85,103)(H,86,106)(H,87,104)(H,88,107)(H,89,101)(H,90,102)(H,91,98)(H,109,110)(H4,73,74,76)/t35-,41-,44-,45-,46-,47-,48-,49-,50-,51-,52-,53-/m0/s1. The van der Waals surface area contributed by atoms with Crippen molar-refractivity contribution in [3.05, 3.63) is 90.3 Å². The molecule has 14 amide bonds. The van der Waals surface area contributed by atoms with Gasteiger partial charge in [0.1, 0.15) is 72.5 Å². The quantitative estimate of drug-likeness (QED) is 0.00745. The van der Waals surface area contributed by atoms with Crippen LogP contribution in [0.4, 0.5) is 0 Å². The van der Waals surface area contributed by atoms with Gasteiger partial charge in [-0.15, -0.1) is 0 Å². The number of aromatic nitrogens is 4. The number of H-pyrrole nitrogens is 3. The maximum absolute atomic E-state index is 15.0. The summed E-state index contributed by atoms with van der Waals surface area (Å²) in [6, 6.07) is -3.77. The Labute approximate surface area is 652 Å². The minimum absolute atomic E-state index is 0.0507. The number of unbranched alkanes of at least 4 members (excludes halogenated alkanes) is 1. The molecule has 0 unspecified atom stereocenters. The average molecular weight is 1600 g/mol. The highest BCUT2D eigenvalue weighted by Gasteiger charge is 2.41. The summed E-state index contributed by atoms with van der Waals surface area (Å²) in [5.41, 5.74) is 24.7. The summed E-state index contributed by atoms with van der Waals surface area (Å²) in [7, 11) is 0. The highest BCUT2D eigenvalue weighted by Crippen LogP contribution is 2.24. The van der Waals surface area contributed by atoms with Gasteiger partial charge in [0.25, 0.3) is 0 Å². The van der Waals surface area contributed by atoms with E-state index in [1.54, 1.807) is 60.9 Å². The van der Waals surface area contributed by atoms with Gasteiger partial charge in [-0.25, -0.2) is 9.78 Å². The first-order valence-electron chi connectivity index (χ1n) is 35.9. The van der Waals surface area contributed by atoms with Gasteiger partial charge in [0, 0.05) is 90.7 Å². The number of carbonyl (C=O) groups is 15. The van der Waals surface area contributed by atoms with Crippen molar-refractivity contribution in [2.75, 3.05) is 57.4 Å². The van der Waals surface area contributed by atoms with Gasteiger partial charge >= 0.3 is 5.97 Å². The first kappa shape index (κ1) is 89.5. The number of nitrogens with one attached hydrogen (secondary N) is 17. The summed E-state index contributed by atoms with van der Waals surface area (Å²) in [4.78, 5) is 219. The molecule has 112 heavy (non-hydrogen) atoms. The van der Waals surface area contributed by atoms with Crippen LogP contribution in [0.15, 0.2) is 73.4 Å². The molecule has 4 heterocycles. The maximum atomic E-state index is 15.0. The number of thiol groups is 2. The molecule has 2 aromatic carbocycles. The lowest BCUT2D eigenvalue weighted by Gasteiger charge is -2.30. The SMILES string of the molecule is C[C@H](NC(=O)[C@@H](N)CO)C(=O)N[C@@H](CS)C(=O)N1CCC[C@H]1C(=O)N[C@@H](Cc1c[nH]c2ccccc12)C(=O)N[C@@H](Cc1c[nH]cn1)C(=O)N[C@@H](CCCCN)C(=O)N[C@@H](CO)C(=O)N[C@@H](Cc1c[nH]c2ccccc12)C(=O)N[C@@H](CCC(N)=O)C(=O)N[C@@H](CS)C(=O)NCC(=O)NCC(=O)N[C@@H](CCCNC(=N)N)C(=O)O. The summed E-state index contributed by atoms with van der Waals surface area (Å²) >= 11 is 8.47. The number of carboxylic acids is 1. The van der Waals surface area contributed by atoms with Crippen LogP contribution in [0, 0.1) is 5.41 Å². The van der Waals surface area contributed by atoms with Crippen molar-refractivity contribution in [3.8, 4) is 0 Å². The van der Waals surface area contributed by atoms with Crippen LogP contribution >= 0.6 is 25.3 Å². The highest BCUT2D eigenvalue weighted by atomic mass is 32.1. The molecule has 0 aliphatic carbocycles. The zero-order chi connectivity index (χ0) is 82.1. The minimum atomic E-state index is -1.88. The number of hydrogen-bond acceptors (Lipinski definition) is 23. The predicted octanol–water partition coefficient (Wildman–Crippen LogP) is -7.59. The monoisotopic (exact) mass is 1600 g/mol. The minimum Gasteiger partial charge on any atom is -0.480 e. The van der Waals surface area contributed by atoms with Gasteiger partial charge in [0.05, 0.1) is 38.3 Å². The molecule has 0 bridgehead atoms. The lowest BCUT2D eigenvalue weighted by molar-refractivity contribution is -0.142. The maximum Gasteiger partial charge on any atom is 0.326 e. The lowest BCUT2D eigenvalue weighted by Crippen LogP contribution is -2.61. The van der Waals surface area contributed by atoms with Gasteiger partial charge in [0.2, 0.25) is 82.7 Å². The van der Waals surface area contributed by atoms with E-state index in [2.05, 4.69) is 114 Å². The molecule has 12 atom stereocenters. The third-order valence-corrected chi connectivity index (χ3v) is 18.7. The molecule has 1 saturated heterocycles. The normalized spacial score (nSPS) is 15.5. The summed E-state index contributed by atoms with van der Waals surface area (Å²) < 4.78 is 0. The zero-order valence-corrected chi connectivity index (χ0v) is 63.1. The van der Waals surface area contributed by atoms with Crippen molar-refractivity contribution >= 4 is 142 Å². The number of aliphatic hydroxyl groups is 2. The van der Waals surface area contributed by atoms with Gasteiger partial charge in [-0.2, -0.15) is 25.3 Å². The average Bonchev–Trinajstić information content (AvgIpc) is 1.64. The third kappa shape index (κ3) is 27.6. The van der Waals surface area contributed by atoms with Crippen molar-refractivity contribution in [3.63, 3.8) is 0 Å². The Morgan fingerprint density at radius 1 is 0.562 bits per heavy atom. The Balaban J connectivity index is 1.19. The van der Waals surface area contributed by atoms with E-state index in [0.29, 0.717) is 45.8 Å². The third-order valence-electron chi connectivity index (χ3n) is 18.0. The van der Waals surface area contributed by atoms with Crippen LogP contribution < -0.4 is 92.1 Å². The van der Waals surface area contributed by atoms with Crippen LogP contribution in [0.1, 0.15) is 81.5 Å². The molecule has 0 radical (unpaired) electrons. The molecule has 41 nitrogen and oxygen atoms in total. The number of carbonyl (C=O) groups excluding carboxylic acids is 14. The van der Waals surface area contributed by atoms with Gasteiger partial charge in [-0.1, -0.05) is 36.4 Å². The van der Waals surface area contributed by atoms with Gasteiger partial charge < -0.3 is 127 Å². The molecule has 5 aromatic rings. The van der Waals surface area contributed by atoms with Crippen LogP contribution in [-0.2, 0) is 91.2 Å². The fraction of sp³-hybridized carbons (Fsp3) is 0.493. The Bertz CT molecular complexity index is 4130. The number of likely N-dealkylation sites (tertiary alicyclic amines) is 1. The van der Waals surface area contributed by atoms with Crippen LogP contribution in [0.5, 0.6) is 0 Å². The number of guanidine groups is 1. The highest BCUT2D eigenvalue weighted by molar-refractivity contribution is 7.80. The van der Waals surface area contributed by atoms with Crippen molar-refractivity contribution in [1.29, 1.82) is 5.41 Å². The number of aliphatic hydroxyl groups excluding tert-OH is 2. The fourth-order valence-corrected chi connectivity index (χ4v) is 12.4. The van der Waals surface area contributed by atoms with Crippen molar-refractivity contribution in [2.45, 2.75) is 156 Å². The topological polar surface area (TPSA) is 665 Å². The van der Waals surface area contributed by atoms with Crippen LogP contribution in [-0.4, -0.2) is 265 Å². The first-order valence-corrected chi connectivity index (χ1v) is 37.2. The zero-order valence-electron chi connectivity index (χ0n) is 61.3. The Hall–Kier alpha value is -11.4. The molecule has 1 fully saturated rings. The molecule has 1 aliphatic rings. The van der Waals surface area contributed by atoms with E-state index in [-0.39, 0.29) is 88.4 Å². The van der Waals surface area contributed by atoms with E-state index in [1.807, 2.05) is 0 Å². The number of nitrogens with two attached hydrogens (primary N) is 4. The van der Waals surface area contributed by atoms with E-state index in [0.717, 1.165) is 0 Å². The molecule has 1 aliphatic heterocycles. The van der Waals surface area contributed by atoms with E-state index >= 15 is 4.79 Å². The van der Waals surface area contributed by atoms with Crippen molar-refractivity contribution < 1.29 is 87.2 Å². The number of aromatic amines is 3. The number of rotatable bonds is 47. The second-order valence-electron chi connectivity index (χ2n) is 26.4. The summed E-state index contributed by atoms with van der Waals surface area (Å²) in [6.45, 7) is -1.60. The molecule has 43 heteroatoms.